The predicted octanol–water partition coefficient (Wildman–Crippen LogP) is 2.84. The Morgan fingerprint density at radius 1 is 1.24 bits per heavy atom. The Labute approximate surface area is 101 Å². The molecule has 0 radical (unpaired) electrons. The highest BCUT2D eigenvalue weighted by Crippen LogP contribution is 2.21. The molecule has 3 heteroatoms. The lowest BCUT2D eigenvalue weighted by molar-refractivity contribution is -0.130. The van der Waals surface area contributed by atoms with Gasteiger partial charge >= 0.3 is 0 Å². The van der Waals surface area contributed by atoms with Gasteiger partial charge in [-0.05, 0) is 19.9 Å². The van der Waals surface area contributed by atoms with Gasteiger partial charge in [-0.1, -0.05) is 18.2 Å². The number of benzene rings is 1. The number of fused-ring (bicyclic) bond motifs is 1. The molecule has 0 aliphatic heterocycles. The van der Waals surface area contributed by atoms with Crippen LogP contribution in [-0.2, 0) is 11.2 Å². The highest BCUT2D eigenvalue weighted by Gasteiger charge is 2.13. The van der Waals surface area contributed by atoms with Crippen LogP contribution in [0.5, 0.6) is 0 Å². The number of nitrogens with zero attached hydrogens (tertiary/aromatic N) is 1. The van der Waals surface area contributed by atoms with Crippen molar-refractivity contribution in [3.8, 4) is 0 Å². The summed E-state index contributed by atoms with van der Waals surface area (Å²) in [5.41, 5.74) is 1.81. The fourth-order valence-electron chi connectivity index (χ4n) is 2.02. The molecule has 90 valence electrons. The number of carbonyl (C=O) groups excluding carboxylic acids is 1. The van der Waals surface area contributed by atoms with Crippen molar-refractivity contribution in [2.45, 2.75) is 20.3 Å². The molecule has 0 aliphatic rings. The molecule has 0 unspecified atom stereocenters. The largest absolute Gasteiger partial charge is 0.464 e. The summed E-state index contributed by atoms with van der Waals surface area (Å²) in [5, 5.41) is 1.04. The van der Waals surface area contributed by atoms with Crippen LogP contribution in [0.1, 0.15) is 19.4 Å². The molecule has 0 N–H and O–H groups in total. The van der Waals surface area contributed by atoms with Gasteiger partial charge < -0.3 is 9.32 Å². The third kappa shape index (κ3) is 2.33. The van der Waals surface area contributed by atoms with Crippen LogP contribution in [0, 0.1) is 0 Å². The van der Waals surface area contributed by atoms with E-state index in [2.05, 4.69) is 0 Å². The first-order valence-corrected chi connectivity index (χ1v) is 5.99. The molecule has 2 rings (SSSR count). The molecule has 1 heterocycles. The fraction of sp³-hybridized carbons (Fsp3) is 0.357. The van der Waals surface area contributed by atoms with E-state index in [1.54, 1.807) is 6.26 Å². The van der Waals surface area contributed by atoms with Crippen molar-refractivity contribution >= 4 is 16.9 Å². The number of para-hydroxylation sites is 1. The van der Waals surface area contributed by atoms with E-state index in [4.69, 9.17) is 4.42 Å². The number of hydrogen-bond donors (Lipinski definition) is 0. The van der Waals surface area contributed by atoms with E-state index in [1.165, 1.54) is 0 Å². The first-order chi connectivity index (χ1) is 8.26. The smallest absolute Gasteiger partial charge is 0.227 e. The van der Waals surface area contributed by atoms with E-state index < -0.39 is 0 Å². The maximum absolute atomic E-state index is 12.0. The summed E-state index contributed by atoms with van der Waals surface area (Å²) < 4.78 is 5.43. The molecule has 0 saturated heterocycles. The van der Waals surface area contributed by atoms with Crippen molar-refractivity contribution in [1.82, 2.24) is 4.90 Å². The Morgan fingerprint density at radius 3 is 2.65 bits per heavy atom. The molecule has 1 aromatic heterocycles. The molecule has 2 aromatic rings. The molecular weight excluding hydrogens is 214 g/mol. The van der Waals surface area contributed by atoms with Gasteiger partial charge in [0.15, 0.2) is 0 Å². The van der Waals surface area contributed by atoms with E-state index >= 15 is 0 Å². The standard InChI is InChI=1S/C14H17NO2/c1-3-15(4-2)14(16)9-11-10-17-13-8-6-5-7-12(11)13/h5-8,10H,3-4,9H2,1-2H3. The number of likely N-dealkylation sites (N-methyl/N-ethyl adjacent to an activating group) is 1. The van der Waals surface area contributed by atoms with Gasteiger partial charge in [-0.2, -0.15) is 0 Å². The Hall–Kier alpha value is -1.77. The molecule has 1 aromatic carbocycles. The number of furan rings is 1. The first-order valence-electron chi connectivity index (χ1n) is 5.99. The summed E-state index contributed by atoms with van der Waals surface area (Å²) in [6.45, 7) is 5.50. The van der Waals surface area contributed by atoms with E-state index in [0.717, 1.165) is 29.6 Å². The van der Waals surface area contributed by atoms with Crippen molar-refractivity contribution in [2.24, 2.45) is 0 Å². The predicted molar refractivity (Wildman–Crippen MR) is 67.8 cm³/mol. The molecule has 1 amide bonds. The fourth-order valence-corrected chi connectivity index (χ4v) is 2.02. The third-order valence-corrected chi connectivity index (χ3v) is 3.02. The lowest BCUT2D eigenvalue weighted by atomic mass is 10.1. The van der Waals surface area contributed by atoms with Crippen LogP contribution >= 0.6 is 0 Å². The van der Waals surface area contributed by atoms with Gasteiger partial charge in [-0.25, -0.2) is 0 Å². The highest BCUT2D eigenvalue weighted by molar-refractivity contribution is 5.87. The normalized spacial score (nSPS) is 10.7. The second kappa shape index (κ2) is 5.04. The van der Waals surface area contributed by atoms with Gasteiger partial charge in [0.2, 0.25) is 5.91 Å². The van der Waals surface area contributed by atoms with Crippen molar-refractivity contribution in [2.75, 3.05) is 13.1 Å². The summed E-state index contributed by atoms with van der Waals surface area (Å²) in [4.78, 5) is 13.8. The molecule has 0 saturated carbocycles. The Bertz CT molecular complexity index is 512. The molecule has 0 atom stereocenters. The van der Waals surface area contributed by atoms with Crippen molar-refractivity contribution in [3.05, 3.63) is 36.1 Å². The van der Waals surface area contributed by atoms with E-state index in [1.807, 2.05) is 43.0 Å². The molecule has 3 nitrogen and oxygen atoms in total. The number of hydrogen-bond acceptors (Lipinski definition) is 2. The van der Waals surface area contributed by atoms with Crippen LogP contribution in [0.2, 0.25) is 0 Å². The number of carbonyl (C=O) groups is 1. The van der Waals surface area contributed by atoms with E-state index in [9.17, 15) is 4.79 Å². The molecule has 0 spiro atoms. The van der Waals surface area contributed by atoms with E-state index in [0.29, 0.717) is 6.42 Å². The quantitative estimate of drug-likeness (QED) is 0.810. The van der Waals surface area contributed by atoms with Gasteiger partial charge in [0.05, 0.1) is 12.7 Å². The van der Waals surface area contributed by atoms with Crippen LogP contribution in [0.3, 0.4) is 0 Å². The average Bonchev–Trinajstić information content (AvgIpc) is 2.74. The van der Waals surface area contributed by atoms with E-state index in [-0.39, 0.29) is 5.91 Å². The molecule has 17 heavy (non-hydrogen) atoms. The second-order valence-corrected chi connectivity index (χ2v) is 4.00. The summed E-state index contributed by atoms with van der Waals surface area (Å²) in [5.74, 6) is 0.154. The maximum Gasteiger partial charge on any atom is 0.227 e. The second-order valence-electron chi connectivity index (χ2n) is 4.00. The molecule has 0 fully saturated rings. The van der Waals surface area contributed by atoms with Gasteiger partial charge in [0.25, 0.3) is 0 Å². The summed E-state index contributed by atoms with van der Waals surface area (Å²) in [6.07, 6.45) is 2.10. The van der Waals surface area contributed by atoms with Crippen LogP contribution in [0.25, 0.3) is 11.0 Å². The number of rotatable bonds is 4. The van der Waals surface area contributed by atoms with Gasteiger partial charge in [-0.15, -0.1) is 0 Å². The monoisotopic (exact) mass is 231 g/mol. The van der Waals surface area contributed by atoms with Gasteiger partial charge in [0, 0.05) is 24.0 Å². The van der Waals surface area contributed by atoms with Gasteiger partial charge in [-0.3, -0.25) is 4.79 Å². The lowest BCUT2D eigenvalue weighted by Crippen LogP contribution is -2.31. The summed E-state index contributed by atoms with van der Waals surface area (Å²) >= 11 is 0. The van der Waals surface area contributed by atoms with Crippen LogP contribution in [-0.4, -0.2) is 23.9 Å². The minimum Gasteiger partial charge on any atom is -0.464 e. The minimum atomic E-state index is 0.154. The summed E-state index contributed by atoms with van der Waals surface area (Å²) in [6, 6.07) is 7.80. The highest BCUT2D eigenvalue weighted by atomic mass is 16.3. The van der Waals surface area contributed by atoms with Crippen molar-refractivity contribution in [1.29, 1.82) is 0 Å². The van der Waals surface area contributed by atoms with Crippen LogP contribution < -0.4 is 0 Å². The van der Waals surface area contributed by atoms with Crippen molar-refractivity contribution < 1.29 is 9.21 Å². The average molecular weight is 231 g/mol. The Kier molecular flexibility index (Phi) is 3.47. The molecular formula is C14H17NO2. The lowest BCUT2D eigenvalue weighted by Gasteiger charge is -2.18. The van der Waals surface area contributed by atoms with Gasteiger partial charge in [0.1, 0.15) is 5.58 Å². The zero-order chi connectivity index (χ0) is 12.3. The Morgan fingerprint density at radius 2 is 1.94 bits per heavy atom. The first kappa shape index (κ1) is 11.7. The van der Waals surface area contributed by atoms with Crippen molar-refractivity contribution in [3.63, 3.8) is 0 Å². The molecule has 0 bridgehead atoms. The zero-order valence-corrected chi connectivity index (χ0v) is 10.3. The van der Waals surface area contributed by atoms with Crippen LogP contribution in [0.4, 0.5) is 0 Å². The Balaban J connectivity index is 2.21. The summed E-state index contributed by atoms with van der Waals surface area (Å²) in [7, 11) is 0. The minimum absolute atomic E-state index is 0.154. The maximum atomic E-state index is 12.0. The number of amides is 1. The topological polar surface area (TPSA) is 33.5 Å². The third-order valence-electron chi connectivity index (χ3n) is 3.02. The van der Waals surface area contributed by atoms with Crippen LogP contribution in [0.15, 0.2) is 34.9 Å². The molecule has 0 aliphatic carbocycles. The zero-order valence-electron chi connectivity index (χ0n) is 10.3. The SMILES string of the molecule is CCN(CC)C(=O)Cc1coc2ccccc12.